The largest absolute Gasteiger partial charge is 0.493 e. The molecule has 0 fully saturated rings. The van der Waals surface area contributed by atoms with Crippen molar-refractivity contribution >= 4 is 17.4 Å². The first-order chi connectivity index (χ1) is 12.7. The van der Waals surface area contributed by atoms with E-state index in [1.165, 1.54) is 0 Å². The summed E-state index contributed by atoms with van der Waals surface area (Å²) in [6.07, 6.45) is 0.680. The van der Waals surface area contributed by atoms with Crippen LogP contribution in [0.1, 0.15) is 15.2 Å². The molecule has 0 aliphatic rings. The van der Waals surface area contributed by atoms with Gasteiger partial charge in [0, 0.05) is 12.1 Å². The van der Waals surface area contributed by atoms with Gasteiger partial charge >= 0.3 is 0 Å². The molecule has 6 nitrogen and oxygen atoms in total. The standard InChI is InChI=1S/C19H19N3O3S/c1-24-15-9-8-13(12-16(15)25-2)10-11-20-19(23)18-17(21-22-26-18)14-6-4-3-5-7-14/h3-9,12H,10-11H2,1-2H3,(H,20,23). The molecule has 1 heterocycles. The Morgan fingerprint density at radius 2 is 1.85 bits per heavy atom. The van der Waals surface area contributed by atoms with E-state index in [0.29, 0.717) is 35.0 Å². The molecule has 7 heteroatoms. The van der Waals surface area contributed by atoms with Gasteiger partial charge in [-0.1, -0.05) is 40.9 Å². The highest BCUT2D eigenvalue weighted by molar-refractivity contribution is 7.08. The predicted octanol–water partition coefficient (Wildman–Crippen LogP) is 3.19. The minimum Gasteiger partial charge on any atom is -0.493 e. The zero-order valence-electron chi connectivity index (χ0n) is 14.6. The second-order valence-electron chi connectivity index (χ2n) is 5.51. The van der Waals surface area contributed by atoms with Gasteiger partial charge in [-0.15, -0.1) is 5.10 Å². The van der Waals surface area contributed by atoms with Gasteiger partial charge in [0.05, 0.1) is 14.2 Å². The third-order valence-electron chi connectivity index (χ3n) is 3.89. The number of ether oxygens (including phenoxy) is 2. The van der Waals surface area contributed by atoms with Crippen molar-refractivity contribution < 1.29 is 14.3 Å². The Balaban J connectivity index is 1.63. The summed E-state index contributed by atoms with van der Waals surface area (Å²) in [4.78, 5) is 13.0. The van der Waals surface area contributed by atoms with Crippen LogP contribution in [0.5, 0.6) is 11.5 Å². The summed E-state index contributed by atoms with van der Waals surface area (Å²) >= 11 is 1.10. The molecule has 0 saturated carbocycles. The van der Waals surface area contributed by atoms with Crippen LogP contribution in [-0.4, -0.2) is 36.3 Å². The Morgan fingerprint density at radius 1 is 1.08 bits per heavy atom. The van der Waals surface area contributed by atoms with E-state index in [-0.39, 0.29) is 5.91 Å². The summed E-state index contributed by atoms with van der Waals surface area (Å²) < 4.78 is 14.5. The number of benzene rings is 2. The normalized spacial score (nSPS) is 10.4. The van der Waals surface area contributed by atoms with E-state index in [1.807, 2.05) is 48.5 Å². The van der Waals surface area contributed by atoms with Crippen LogP contribution in [0.3, 0.4) is 0 Å². The third-order valence-corrected chi connectivity index (χ3v) is 4.61. The number of carbonyl (C=O) groups excluding carboxylic acids is 1. The maximum atomic E-state index is 12.5. The molecule has 3 aromatic rings. The average Bonchev–Trinajstić information content (AvgIpc) is 3.18. The van der Waals surface area contributed by atoms with Crippen LogP contribution in [0.25, 0.3) is 11.3 Å². The van der Waals surface area contributed by atoms with Gasteiger partial charge in [0.25, 0.3) is 5.91 Å². The molecule has 0 atom stereocenters. The Morgan fingerprint density at radius 3 is 2.58 bits per heavy atom. The molecule has 3 rings (SSSR count). The van der Waals surface area contributed by atoms with E-state index in [4.69, 9.17) is 9.47 Å². The smallest absolute Gasteiger partial charge is 0.265 e. The van der Waals surface area contributed by atoms with Crippen molar-refractivity contribution in [2.75, 3.05) is 20.8 Å². The molecule has 0 spiro atoms. The number of aromatic nitrogens is 2. The molecular weight excluding hydrogens is 350 g/mol. The lowest BCUT2D eigenvalue weighted by atomic mass is 10.1. The molecule has 134 valence electrons. The lowest BCUT2D eigenvalue weighted by molar-refractivity contribution is 0.0958. The van der Waals surface area contributed by atoms with Crippen molar-refractivity contribution in [2.24, 2.45) is 0 Å². The fraction of sp³-hybridized carbons (Fsp3) is 0.211. The summed E-state index contributed by atoms with van der Waals surface area (Å²) in [7, 11) is 3.20. The lowest BCUT2D eigenvalue weighted by Crippen LogP contribution is -2.25. The topological polar surface area (TPSA) is 73.3 Å². The lowest BCUT2D eigenvalue weighted by Gasteiger charge is -2.10. The molecule has 0 unspecified atom stereocenters. The molecule has 1 aromatic heterocycles. The van der Waals surface area contributed by atoms with Crippen LogP contribution in [0, 0.1) is 0 Å². The van der Waals surface area contributed by atoms with Crippen LogP contribution in [-0.2, 0) is 6.42 Å². The first kappa shape index (κ1) is 17.9. The van der Waals surface area contributed by atoms with Crippen molar-refractivity contribution in [3.63, 3.8) is 0 Å². The number of hydrogen-bond acceptors (Lipinski definition) is 6. The Hall–Kier alpha value is -2.93. The third kappa shape index (κ3) is 4.00. The average molecular weight is 369 g/mol. The van der Waals surface area contributed by atoms with Crippen molar-refractivity contribution in [3.05, 3.63) is 59.0 Å². The Bertz CT molecular complexity index is 881. The zero-order chi connectivity index (χ0) is 18.4. The number of methoxy groups -OCH3 is 2. The van der Waals surface area contributed by atoms with E-state index in [2.05, 4.69) is 14.9 Å². The van der Waals surface area contributed by atoms with Gasteiger partial charge in [-0.25, -0.2) is 0 Å². The first-order valence-corrected chi connectivity index (χ1v) is 8.87. The molecule has 0 aliphatic carbocycles. The molecule has 26 heavy (non-hydrogen) atoms. The number of rotatable bonds is 7. The van der Waals surface area contributed by atoms with E-state index in [9.17, 15) is 4.79 Å². The molecule has 0 aliphatic heterocycles. The van der Waals surface area contributed by atoms with Gasteiger partial charge in [-0.2, -0.15) is 0 Å². The van der Waals surface area contributed by atoms with Crippen LogP contribution < -0.4 is 14.8 Å². The minimum atomic E-state index is -0.167. The van der Waals surface area contributed by atoms with E-state index in [0.717, 1.165) is 22.7 Å². The molecule has 1 N–H and O–H groups in total. The first-order valence-electron chi connectivity index (χ1n) is 8.09. The van der Waals surface area contributed by atoms with Crippen molar-refractivity contribution in [1.82, 2.24) is 14.9 Å². The summed E-state index contributed by atoms with van der Waals surface area (Å²) in [6, 6.07) is 15.3. The number of nitrogens with zero attached hydrogens (tertiary/aromatic N) is 2. The highest BCUT2D eigenvalue weighted by Crippen LogP contribution is 2.27. The van der Waals surface area contributed by atoms with Gasteiger partial charge in [0.15, 0.2) is 11.5 Å². The predicted molar refractivity (Wildman–Crippen MR) is 101 cm³/mol. The molecular formula is C19H19N3O3S. The van der Waals surface area contributed by atoms with Gasteiger partial charge in [-0.05, 0) is 35.6 Å². The number of carbonyl (C=O) groups is 1. The second-order valence-corrected chi connectivity index (χ2v) is 6.27. The van der Waals surface area contributed by atoms with Gasteiger partial charge in [0.1, 0.15) is 10.6 Å². The number of amides is 1. The molecule has 0 bridgehead atoms. The van der Waals surface area contributed by atoms with Crippen molar-refractivity contribution in [1.29, 1.82) is 0 Å². The summed E-state index contributed by atoms with van der Waals surface area (Å²) in [6.45, 7) is 0.500. The fourth-order valence-electron chi connectivity index (χ4n) is 2.56. The van der Waals surface area contributed by atoms with Crippen LogP contribution in [0.4, 0.5) is 0 Å². The monoisotopic (exact) mass is 369 g/mol. The minimum absolute atomic E-state index is 0.167. The molecule has 0 radical (unpaired) electrons. The summed E-state index contributed by atoms with van der Waals surface area (Å²) in [5.74, 6) is 1.19. The zero-order valence-corrected chi connectivity index (χ0v) is 15.4. The van der Waals surface area contributed by atoms with Gasteiger partial charge < -0.3 is 14.8 Å². The van der Waals surface area contributed by atoms with E-state index in [1.54, 1.807) is 14.2 Å². The van der Waals surface area contributed by atoms with Crippen LogP contribution in [0.15, 0.2) is 48.5 Å². The van der Waals surface area contributed by atoms with Gasteiger partial charge in [0.2, 0.25) is 0 Å². The van der Waals surface area contributed by atoms with E-state index < -0.39 is 0 Å². The molecule has 2 aromatic carbocycles. The van der Waals surface area contributed by atoms with E-state index >= 15 is 0 Å². The summed E-state index contributed by atoms with van der Waals surface area (Å²) in [5, 5.41) is 7.02. The quantitative estimate of drug-likeness (QED) is 0.692. The fourth-order valence-corrected chi connectivity index (χ4v) is 3.17. The Labute approximate surface area is 155 Å². The molecule has 0 saturated heterocycles. The van der Waals surface area contributed by atoms with Crippen molar-refractivity contribution in [3.8, 4) is 22.8 Å². The maximum Gasteiger partial charge on any atom is 0.265 e. The van der Waals surface area contributed by atoms with Crippen molar-refractivity contribution in [2.45, 2.75) is 6.42 Å². The Kier molecular flexibility index (Phi) is 5.80. The summed E-state index contributed by atoms with van der Waals surface area (Å²) in [5.41, 5.74) is 2.54. The highest BCUT2D eigenvalue weighted by atomic mass is 32.1. The van der Waals surface area contributed by atoms with Crippen LogP contribution >= 0.6 is 11.5 Å². The second kappa shape index (κ2) is 8.44. The van der Waals surface area contributed by atoms with Gasteiger partial charge in [-0.3, -0.25) is 4.79 Å². The molecule has 1 amide bonds. The highest BCUT2D eigenvalue weighted by Gasteiger charge is 2.17. The number of nitrogens with one attached hydrogen (secondary N) is 1. The van der Waals surface area contributed by atoms with Crippen LogP contribution in [0.2, 0.25) is 0 Å². The maximum absolute atomic E-state index is 12.5. The SMILES string of the molecule is COc1ccc(CCNC(=O)c2snnc2-c2ccccc2)cc1OC. The number of hydrogen-bond donors (Lipinski definition) is 1.